The molecule has 0 fully saturated rings. The Morgan fingerprint density at radius 3 is 2.21 bits per heavy atom. The summed E-state index contributed by atoms with van der Waals surface area (Å²) in [6, 6.07) is 2.73. The van der Waals surface area contributed by atoms with Crippen molar-refractivity contribution in [3.63, 3.8) is 0 Å². The van der Waals surface area contributed by atoms with Crippen LogP contribution >= 0.6 is 0 Å². The smallest absolute Gasteiger partial charge is 0.338 e. The number of phenolic OH excluding ortho intramolecular Hbond substituents is 1. The summed E-state index contributed by atoms with van der Waals surface area (Å²) >= 11 is 0. The Balaban J connectivity index is 2.85. The zero-order valence-corrected chi connectivity index (χ0v) is 11.2. The number of rotatable bonds is 6. The van der Waals surface area contributed by atoms with Gasteiger partial charge in [0.1, 0.15) is 0 Å². The van der Waals surface area contributed by atoms with Crippen LogP contribution in [0.1, 0.15) is 23.7 Å². The number of esters is 1. The van der Waals surface area contributed by atoms with Crippen LogP contribution in [0.15, 0.2) is 12.1 Å². The van der Waals surface area contributed by atoms with E-state index in [1.54, 1.807) is 6.92 Å². The molecule has 1 rings (SSSR count). The van der Waals surface area contributed by atoms with Gasteiger partial charge in [0, 0.05) is 6.42 Å². The fourth-order valence-corrected chi connectivity index (χ4v) is 1.42. The van der Waals surface area contributed by atoms with E-state index in [9.17, 15) is 9.90 Å². The second-order valence-corrected chi connectivity index (χ2v) is 4.00. The van der Waals surface area contributed by atoms with Crippen LogP contribution in [0.2, 0.25) is 0 Å². The quantitative estimate of drug-likeness (QED) is 0.759. The van der Waals surface area contributed by atoms with Crippen molar-refractivity contribution in [2.24, 2.45) is 0 Å². The van der Waals surface area contributed by atoms with Crippen molar-refractivity contribution < 1.29 is 29.2 Å². The maximum absolute atomic E-state index is 11.8. The average Bonchev–Trinajstić information content (AvgIpc) is 2.38. The fourth-order valence-electron chi connectivity index (χ4n) is 1.42. The molecule has 1 aromatic carbocycles. The predicted octanol–water partition coefficient (Wildman–Crippen LogP) is 1.34. The Bertz CT molecular complexity index is 416. The molecule has 2 N–H and O–H groups in total. The maximum Gasteiger partial charge on any atom is 0.338 e. The molecule has 0 saturated heterocycles. The number of hydrogen-bond donors (Lipinski definition) is 2. The first-order valence-electron chi connectivity index (χ1n) is 5.79. The lowest BCUT2D eigenvalue weighted by atomic mass is 10.2. The minimum atomic E-state index is -0.572. The van der Waals surface area contributed by atoms with E-state index < -0.39 is 12.1 Å². The van der Waals surface area contributed by atoms with E-state index in [-0.39, 0.29) is 29.4 Å². The van der Waals surface area contributed by atoms with Crippen molar-refractivity contribution in [3.05, 3.63) is 17.7 Å². The number of ether oxygens (including phenoxy) is 3. The Kier molecular flexibility index (Phi) is 5.44. The standard InChI is InChI=1S/C13H18O6/c1-8(14)4-5-19-13(16)9-6-10(17-2)12(15)11(7-9)18-3/h6-8,14-15H,4-5H2,1-3H3. The number of carbonyl (C=O) groups is 1. The van der Waals surface area contributed by atoms with Gasteiger partial charge in [0.05, 0.1) is 32.5 Å². The molecule has 106 valence electrons. The summed E-state index contributed by atoms with van der Waals surface area (Å²) in [4.78, 5) is 11.8. The number of benzene rings is 1. The number of hydrogen-bond acceptors (Lipinski definition) is 6. The summed E-state index contributed by atoms with van der Waals surface area (Å²) in [6.45, 7) is 1.72. The van der Waals surface area contributed by atoms with Gasteiger partial charge in [-0.2, -0.15) is 0 Å². The lowest BCUT2D eigenvalue weighted by Crippen LogP contribution is -2.11. The molecule has 0 saturated carbocycles. The van der Waals surface area contributed by atoms with Crippen LogP contribution in [0.25, 0.3) is 0 Å². The van der Waals surface area contributed by atoms with Gasteiger partial charge in [-0.15, -0.1) is 0 Å². The van der Waals surface area contributed by atoms with Gasteiger partial charge < -0.3 is 24.4 Å². The molecule has 0 aliphatic rings. The van der Waals surface area contributed by atoms with Crippen LogP contribution in [-0.4, -0.2) is 43.1 Å². The Labute approximate surface area is 111 Å². The van der Waals surface area contributed by atoms with E-state index in [0.29, 0.717) is 6.42 Å². The number of carbonyl (C=O) groups excluding carboxylic acids is 1. The highest BCUT2D eigenvalue weighted by Crippen LogP contribution is 2.37. The van der Waals surface area contributed by atoms with Gasteiger partial charge in [-0.05, 0) is 19.1 Å². The SMILES string of the molecule is COc1cc(C(=O)OCCC(C)O)cc(OC)c1O. The second-order valence-electron chi connectivity index (χ2n) is 4.00. The van der Waals surface area contributed by atoms with Crippen molar-refractivity contribution >= 4 is 5.97 Å². The van der Waals surface area contributed by atoms with E-state index in [1.165, 1.54) is 26.4 Å². The highest BCUT2D eigenvalue weighted by atomic mass is 16.5. The predicted molar refractivity (Wildman–Crippen MR) is 67.8 cm³/mol. The van der Waals surface area contributed by atoms with Crippen LogP contribution in [0.5, 0.6) is 17.2 Å². The summed E-state index contributed by atoms with van der Waals surface area (Å²) in [5.41, 5.74) is 0.206. The van der Waals surface area contributed by atoms with E-state index >= 15 is 0 Å². The highest BCUT2D eigenvalue weighted by molar-refractivity contribution is 5.91. The van der Waals surface area contributed by atoms with Crippen molar-refractivity contribution in [2.45, 2.75) is 19.4 Å². The highest BCUT2D eigenvalue weighted by Gasteiger charge is 2.16. The van der Waals surface area contributed by atoms with E-state index in [4.69, 9.17) is 19.3 Å². The minimum Gasteiger partial charge on any atom is -0.502 e. The van der Waals surface area contributed by atoms with Gasteiger partial charge in [-0.25, -0.2) is 4.79 Å². The van der Waals surface area contributed by atoms with Gasteiger partial charge in [-0.1, -0.05) is 0 Å². The van der Waals surface area contributed by atoms with Gasteiger partial charge in [0.25, 0.3) is 0 Å². The molecule has 0 bridgehead atoms. The van der Waals surface area contributed by atoms with E-state index in [1.807, 2.05) is 0 Å². The first-order valence-corrected chi connectivity index (χ1v) is 5.79. The summed E-state index contributed by atoms with van der Waals surface area (Å²) in [5, 5.41) is 18.8. The largest absolute Gasteiger partial charge is 0.502 e. The number of aromatic hydroxyl groups is 1. The van der Waals surface area contributed by atoms with Crippen molar-refractivity contribution in [2.75, 3.05) is 20.8 Å². The summed E-state index contributed by atoms with van der Waals surface area (Å²) < 4.78 is 14.9. The number of aliphatic hydroxyl groups is 1. The first-order chi connectivity index (χ1) is 8.99. The molecule has 0 amide bonds. The molecular weight excluding hydrogens is 252 g/mol. The molecular formula is C13H18O6. The molecule has 0 aliphatic carbocycles. The summed E-state index contributed by atoms with van der Waals surface area (Å²) in [5.74, 6) is -0.494. The molecule has 1 atom stereocenters. The molecule has 1 unspecified atom stereocenters. The van der Waals surface area contributed by atoms with Crippen LogP contribution in [0, 0.1) is 0 Å². The van der Waals surface area contributed by atoms with Crippen LogP contribution in [0.4, 0.5) is 0 Å². The molecule has 0 spiro atoms. The van der Waals surface area contributed by atoms with Crippen molar-refractivity contribution in [3.8, 4) is 17.2 Å². The zero-order valence-electron chi connectivity index (χ0n) is 11.2. The topological polar surface area (TPSA) is 85.2 Å². The van der Waals surface area contributed by atoms with Crippen LogP contribution in [0.3, 0.4) is 0 Å². The first kappa shape index (κ1) is 15.1. The summed E-state index contributed by atoms with van der Waals surface area (Å²) in [7, 11) is 2.74. The third kappa shape index (κ3) is 4.03. The average molecular weight is 270 g/mol. The lowest BCUT2D eigenvalue weighted by molar-refractivity contribution is 0.0443. The zero-order chi connectivity index (χ0) is 14.4. The molecule has 0 heterocycles. The number of methoxy groups -OCH3 is 2. The third-order valence-corrected chi connectivity index (χ3v) is 2.48. The monoisotopic (exact) mass is 270 g/mol. The number of phenols is 1. The van der Waals surface area contributed by atoms with E-state index in [0.717, 1.165) is 0 Å². The van der Waals surface area contributed by atoms with Gasteiger partial charge in [-0.3, -0.25) is 0 Å². The van der Waals surface area contributed by atoms with E-state index in [2.05, 4.69) is 0 Å². The van der Waals surface area contributed by atoms with Gasteiger partial charge >= 0.3 is 5.97 Å². The Morgan fingerprint density at radius 1 is 1.26 bits per heavy atom. The minimum absolute atomic E-state index is 0.113. The molecule has 6 nitrogen and oxygen atoms in total. The molecule has 0 aliphatic heterocycles. The maximum atomic E-state index is 11.8. The molecule has 0 aromatic heterocycles. The third-order valence-electron chi connectivity index (χ3n) is 2.48. The van der Waals surface area contributed by atoms with Crippen LogP contribution in [-0.2, 0) is 4.74 Å². The molecule has 19 heavy (non-hydrogen) atoms. The van der Waals surface area contributed by atoms with Gasteiger partial charge in [0.15, 0.2) is 11.5 Å². The molecule has 0 radical (unpaired) electrons. The Hall–Kier alpha value is -1.95. The van der Waals surface area contributed by atoms with Gasteiger partial charge in [0.2, 0.25) is 5.75 Å². The summed E-state index contributed by atoms with van der Waals surface area (Å²) in [6.07, 6.45) is -0.172. The van der Waals surface area contributed by atoms with Crippen LogP contribution < -0.4 is 9.47 Å². The Morgan fingerprint density at radius 2 is 1.79 bits per heavy atom. The van der Waals surface area contributed by atoms with Crippen molar-refractivity contribution in [1.82, 2.24) is 0 Å². The van der Waals surface area contributed by atoms with Crippen molar-refractivity contribution in [1.29, 1.82) is 0 Å². The molecule has 6 heteroatoms. The number of aliphatic hydroxyl groups excluding tert-OH is 1. The fraction of sp³-hybridized carbons (Fsp3) is 0.462. The second kappa shape index (κ2) is 6.84. The lowest BCUT2D eigenvalue weighted by Gasteiger charge is -2.11. The molecule has 1 aromatic rings. The normalized spacial score (nSPS) is 11.8.